The maximum absolute atomic E-state index is 11.0. The van der Waals surface area contributed by atoms with E-state index in [0.717, 1.165) is 11.3 Å². The lowest BCUT2D eigenvalue weighted by Crippen LogP contribution is -2.15. The van der Waals surface area contributed by atoms with Crippen LogP contribution < -0.4 is 9.03 Å². The van der Waals surface area contributed by atoms with Gasteiger partial charge in [0.15, 0.2) is 0 Å². The Labute approximate surface area is 113 Å². The number of carbonyl (C=O) groups excluding carboxylic acids is 1. The molecule has 1 fully saturated rings. The lowest BCUT2D eigenvalue weighted by molar-refractivity contribution is -0.117. The maximum Gasteiger partial charge on any atom is 0.251 e. The number of hydrogen-bond donors (Lipinski definition) is 2. The number of hydrogen-bond acceptors (Lipinski definition) is 4. The van der Waals surface area contributed by atoms with Gasteiger partial charge in [-0.3, -0.25) is 13.8 Å². The zero-order chi connectivity index (χ0) is 14.1. The van der Waals surface area contributed by atoms with E-state index in [9.17, 15) is 9.90 Å². The minimum atomic E-state index is 0.000674. The number of anilines is 1. The standard InChI is InChI=1S/C9H10N2O2S.C2H6.C2H2/c1-6-4-7(2-3-8(6)12)11-5-9(13)10-14-11;2*1-2/h2-4,12H,5H2,1H3,(H,10,13);1-2H3;1-2H. The lowest BCUT2D eigenvalue weighted by Gasteiger charge is -2.13. The summed E-state index contributed by atoms with van der Waals surface area (Å²) in [6.45, 7) is 6.18. The molecule has 0 unspecified atom stereocenters. The van der Waals surface area contributed by atoms with Gasteiger partial charge in [-0.15, -0.1) is 12.8 Å². The predicted octanol–water partition coefficient (Wildman–Crippen LogP) is 2.48. The highest BCUT2D eigenvalue weighted by Gasteiger charge is 2.20. The number of aryl methyl sites for hydroxylation is 1. The van der Waals surface area contributed by atoms with Crippen molar-refractivity contribution in [2.45, 2.75) is 20.8 Å². The van der Waals surface area contributed by atoms with Crippen LogP contribution in [-0.4, -0.2) is 17.6 Å². The van der Waals surface area contributed by atoms with Crippen molar-refractivity contribution in [1.29, 1.82) is 0 Å². The van der Waals surface area contributed by atoms with E-state index >= 15 is 0 Å². The Morgan fingerprint density at radius 3 is 2.44 bits per heavy atom. The molecule has 0 radical (unpaired) electrons. The molecule has 2 N–H and O–H groups in total. The third kappa shape index (κ3) is 4.22. The van der Waals surface area contributed by atoms with Crippen LogP contribution in [0.5, 0.6) is 5.75 Å². The van der Waals surface area contributed by atoms with Crippen LogP contribution >= 0.6 is 12.1 Å². The number of terminal acetylenes is 1. The molecular formula is C13H18N2O2S. The molecule has 2 rings (SSSR count). The van der Waals surface area contributed by atoms with Gasteiger partial charge in [0.05, 0.1) is 12.1 Å². The summed E-state index contributed by atoms with van der Waals surface area (Å²) in [4.78, 5) is 11.0. The first-order valence-corrected chi connectivity index (χ1v) is 6.30. The summed E-state index contributed by atoms with van der Waals surface area (Å²) >= 11 is 1.27. The number of carbonyl (C=O) groups is 1. The van der Waals surface area contributed by atoms with Crippen molar-refractivity contribution in [1.82, 2.24) is 4.72 Å². The average molecular weight is 266 g/mol. The zero-order valence-corrected chi connectivity index (χ0v) is 11.6. The Bertz CT molecular complexity index is 419. The molecule has 0 atom stereocenters. The van der Waals surface area contributed by atoms with E-state index in [-0.39, 0.29) is 11.7 Å². The Morgan fingerprint density at radius 1 is 1.39 bits per heavy atom. The smallest absolute Gasteiger partial charge is 0.251 e. The largest absolute Gasteiger partial charge is 0.508 e. The van der Waals surface area contributed by atoms with Gasteiger partial charge in [-0.05, 0) is 30.7 Å². The van der Waals surface area contributed by atoms with Crippen molar-refractivity contribution in [2.24, 2.45) is 0 Å². The molecule has 5 heteroatoms. The molecule has 4 nitrogen and oxygen atoms in total. The highest BCUT2D eigenvalue weighted by atomic mass is 32.2. The van der Waals surface area contributed by atoms with Crippen molar-refractivity contribution in [3.63, 3.8) is 0 Å². The van der Waals surface area contributed by atoms with Crippen LogP contribution in [0, 0.1) is 19.8 Å². The highest BCUT2D eigenvalue weighted by molar-refractivity contribution is 7.99. The molecule has 0 aliphatic carbocycles. The Hall–Kier alpha value is -1.80. The first kappa shape index (κ1) is 16.2. The Morgan fingerprint density at radius 2 is 2.00 bits per heavy atom. The molecule has 98 valence electrons. The third-order valence-corrected chi connectivity index (χ3v) is 2.90. The van der Waals surface area contributed by atoms with Crippen molar-refractivity contribution < 1.29 is 9.90 Å². The number of benzene rings is 1. The molecule has 1 aliphatic rings. The predicted molar refractivity (Wildman–Crippen MR) is 77.2 cm³/mol. The van der Waals surface area contributed by atoms with Crippen molar-refractivity contribution >= 4 is 23.7 Å². The van der Waals surface area contributed by atoms with Gasteiger partial charge in [-0.25, -0.2) is 0 Å². The van der Waals surface area contributed by atoms with Gasteiger partial charge in [0, 0.05) is 5.69 Å². The Kier molecular flexibility index (Phi) is 7.48. The fraction of sp³-hybridized carbons (Fsp3) is 0.308. The van der Waals surface area contributed by atoms with Crippen molar-refractivity contribution in [3.05, 3.63) is 23.8 Å². The molecular weight excluding hydrogens is 248 g/mol. The normalized spacial score (nSPS) is 12.7. The molecule has 1 saturated heterocycles. The van der Waals surface area contributed by atoms with Crippen molar-refractivity contribution in [2.75, 3.05) is 10.8 Å². The van der Waals surface area contributed by atoms with Gasteiger partial charge < -0.3 is 5.11 Å². The number of aromatic hydroxyl groups is 1. The summed E-state index contributed by atoms with van der Waals surface area (Å²) in [7, 11) is 0. The second-order valence-electron chi connectivity index (χ2n) is 3.12. The summed E-state index contributed by atoms with van der Waals surface area (Å²) < 4.78 is 4.49. The molecule has 0 bridgehead atoms. The SMILES string of the molecule is C#C.CC.Cc1cc(N2CC(=O)NS2)ccc1O. The van der Waals surface area contributed by atoms with Crippen LogP contribution in [-0.2, 0) is 4.79 Å². The molecule has 1 aromatic carbocycles. The number of phenols is 1. The van der Waals surface area contributed by atoms with Gasteiger partial charge in [-0.2, -0.15) is 0 Å². The molecule has 1 heterocycles. The van der Waals surface area contributed by atoms with Crippen LogP contribution in [0.4, 0.5) is 5.69 Å². The van der Waals surface area contributed by atoms with Gasteiger partial charge in [0.1, 0.15) is 12.3 Å². The van der Waals surface area contributed by atoms with Crippen LogP contribution in [0.25, 0.3) is 0 Å². The molecule has 0 saturated carbocycles. The molecule has 18 heavy (non-hydrogen) atoms. The van der Waals surface area contributed by atoms with E-state index in [1.54, 1.807) is 12.1 Å². The maximum atomic E-state index is 11.0. The minimum absolute atomic E-state index is 0.000674. The molecule has 0 aromatic heterocycles. The molecule has 1 aliphatic heterocycles. The topological polar surface area (TPSA) is 52.6 Å². The first-order valence-electron chi connectivity index (χ1n) is 5.53. The quantitative estimate of drug-likeness (QED) is 0.605. The fourth-order valence-electron chi connectivity index (χ4n) is 1.24. The summed E-state index contributed by atoms with van der Waals surface area (Å²) in [5, 5.41) is 9.33. The summed E-state index contributed by atoms with van der Waals surface area (Å²) in [6, 6.07) is 5.27. The van der Waals surface area contributed by atoms with Crippen LogP contribution in [0.2, 0.25) is 0 Å². The monoisotopic (exact) mass is 266 g/mol. The van der Waals surface area contributed by atoms with Gasteiger partial charge in [0.2, 0.25) is 0 Å². The van der Waals surface area contributed by atoms with E-state index in [1.807, 2.05) is 31.1 Å². The van der Waals surface area contributed by atoms with Crippen LogP contribution in [0.1, 0.15) is 19.4 Å². The average Bonchev–Trinajstić information content (AvgIpc) is 2.84. The second-order valence-corrected chi connectivity index (χ2v) is 3.95. The summed E-state index contributed by atoms with van der Waals surface area (Å²) in [6.07, 6.45) is 8.00. The minimum Gasteiger partial charge on any atom is -0.508 e. The number of rotatable bonds is 1. The first-order chi connectivity index (χ1) is 8.66. The zero-order valence-electron chi connectivity index (χ0n) is 10.8. The van der Waals surface area contributed by atoms with Crippen molar-refractivity contribution in [3.8, 4) is 18.6 Å². The van der Waals surface area contributed by atoms with Gasteiger partial charge in [0.25, 0.3) is 5.91 Å². The molecule has 1 amide bonds. The lowest BCUT2D eigenvalue weighted by atomic mass is 10.2. The summed E-state index contributed by atoms with van der Waals surface area (Å²) in [5.74, 6) is 0.276. The van der Waals surface area contributed by atoms with E-state index in [1.165, 1.54) is 12.1 Å². The van der Waals surface area contributed by atoms with E-state index < -0.39 is 0 Å². The van der Waals surface area contributed by atoms with Gasteiger partial charge >= 0.3 is 0 Å². The third-order valence-electron chi connectivity index (χ3n) is 2.03. The number of phenolic OH excluding ortho intramolecular Hbond substituents is 1. The van der Waals surface area contributed by atoms with E-state index in [0.29, 0.717) is 6.54 Å². The summed E-state index contributed by atoms with van der Waals surface area (Å²) in [5.41, 5.74) is 1.73. The van der Waals surface area contributed by atoms with Crippen LogP contribution in [0.3, 0.4) is 0 Å². The van der Waals surface area contributed by atoms with Crippen LogP contribution in [0.15, 0.2) is 18.2 Å². The number of amides is 1. The van der Waals surface area contributed by atoms with E-state index in [2.05, 4.69) is 17.6 Å². The fourth-order valence-corrected chi connectivity index (χ4v) is 1.92. The van der Waals surface area contributed by atoms with Gasteiger partial charge in [-0.1, -0.05) is 13.8 Å². The number of nitrogens with zero attached hydrogens (tertiary/aromatic N) is 1. The van der Waals surface area contributed by atoms with E-state index in [4.69, 9.17) is 0 Å². The second kappa shape index (κ2) is 8.31. The highest BCUT2D eigenvalue weighted by Crippen LogP contribution is 2.28. The number of nitrogens with one attached hydrogen (secondary N) is 1. The molecule has 0 spiro atoms. The molecule has 1 aromatic rings. The Balaban J connectivity index is 0.000000659.